The van der Waals surface area contributed by atoms with Crippen LogP contribution in [0.2, 0.25) is 0 Å². The van der Waals surface area contributed by atoms with E-state index in [2.05, 4.69) is 10.4 Å². The smallest absolute Gasteiger partial charge is 0.266 e. The molecule has 13 heteroatoms. The maximum absolute atomic E-state index is 14.1. The maximum atomic E-state index is 14.1. The Morgan fingerprint density at radius 2 is 1.72 bits per heavy atom. The van der Waals surface area contributed by atoms with Crippen molar-refractivity contribution in [2.75, 3.05) is 0 Å². The lowest BCUT2D eigenvalue weighted by Crippen LogP contribution is -2.39. The average molecular weight is 604 g/mol. The minimum Gasteiger partial charge on any atom is -0.364 e. The van der Waals surface area contributed by atoms with E-state index in [4.69, 9.17) is 15.8 Å². The molecular formula is C30H37F4N7O2. The summed E-state index contributed by atoms with van der Waals surface area (Å²) in [6, 6.07) is 3.04. The number of hydrogen-bond donors (Lipinski definition) is 2. The van der Waals surface area contributed by atoms with Gasteiger partial charge in [0.25, 0.3) is 5.91 Å². The molecule has 2 amide bonds. The second-order valence-corrected chi connectivity index (χ2v) is 13.0. The first-order chi connectivity index (χ1) is 20.3. The van der Waals surface area contributed by atoms with Crippen LogP contribution in [0.5, 0.6) is 0 Å². The van der Waals surface area contributed by atoms with Crippen molar-refractivity contribution in [3.8, 4) is 0 Å². The summed E-state index contributed by atoms with van der Waals surface area (Å²) in [4.78, 5) is 29.8. The standard InChI is InChI=1S/C30H37F4N7O2/c1-16(2)41-23(28(35)43)11-21(39-41)26(18-5-7-29(31,32)8-6-18)22-15-40-24(37-22)10-20(14-36-40)27(19-3-4-19)38-25(42)9-17-12-30(33,34)13-17/h10-11,14-19,26-27H,3-9,12-13H2,1-2H3,(H2,35,43)(H,38,42)/t26-,27-/m1/s1. The van der Waals surface area contributed by atoms with Crippen LogP contribution in [-0.2, 0) is 4.79 Å². The Kier molecular flexibility index (Phi) is 7.48. The quantitative estimate of drug-likeness (QED) is 0.294. The molecule has 3 saturated carbocycles. The van der Waals surface area contributed by atoms with Gasteiger partial charge in [-0.05, 0) is 75.0 Å². The van der Waals surface area contributed by atoms with Crippen LogP contribution in [0.1, 0.15) is 117 Å². The van der Waals surface area contributed by atoms with Crippen molar-refractivity contribution >= 4 is 17.5 Å². The molecule has 0 aromatic carbocycles. The number of fused-ring (bicyclic) bond motifs is 1. The van der Waals surface area contributed by atoms with Gasteiger partial charge in [-0.15, -0.1) is 0 Å². The van der Waals surface area contributed by atoms with Gasteiger partial charge < -0.3 is 11.1 Å². The van der Waals surface area contributed by atoms with E-state index < -0.39 is 23.7 Å². The molecule has 232 valence electrons. The number of halogens is 4. The Balaban J connectivity index is 1.30. The third-order valence-electron chi connectivity index (χ3n) is 9.14. The van der Waals surface area contributed by atoms with Crippen molar-refractivity contribution in [1.82, 2.24) is 29.7 Å². The van der Waals surface area contributed by atoms with E-state index >= 15 is 0 Å². The highest BCUT2D eigenvalue weighted by Crippen LogP contribution is 2.46. The van der Waals surface area contributed by atoms with Gasteiger partial charge in [-0.25, -0.2) is 27.1 Å². The number of alkyl halides is 4. The molecule has 3 aromatic heterocycles. The molecule has 0 saturated heterocycles. The Bertz CT molecular complexity index is 1510. The molecule has 0 radical (unpaired) electrons. The molecule has 3 aromatic rings. The molecule has 3 fully saturated rings. The van der Waals surface area contributed by atoms with Crippen LogP contribution in [-0.4, -0.2) is 48.0 Å². The van der Waals surface area contributed by atoms with E-state index in [1.165, 1.54) is 0 Å². The second-order valence-electron chi connectivity index (χ2n) is 13.0. The summed E-state index contributed by atoms with van der Waals surface area (Å²) < 4.78 is 57.9. The number of carbonyl (C=O) groups excluding carboxylic acids is 2. The van der Waals surface area contributed by atoms with Crippen molar-refractivity contribution in [1.29, 1.82) is 0 Å². The summed E-state index contributed by atoms with van der Waals surface area (Å²) in [5.41, 5.74) is 8.33. The highest BCUT2D eigenvalue weighted by atomic mass is 19.3. The molecule has 9 nitrogen and oxygen atoms in total. The molecule has 0 bridgehead atoms. The second kappa shape index (κ2) is 10.9. The predicted molar refractivity (Wildman–Crippen MR) is 149 cm³/mol. The molecule has 43 heavy (non-hydrogen) atoms. The Morgan fingerprint density at radius 3 is 2.30 bits per heavy atom. The molecule has 3 aliphatic carbocycles. The van der Waals surface area contributed by atoms with E-state index in [1.54, 1.807) is 27.7 Å². The van der Waals surface area contributed by atoms with Crippen molar-refractivity contribution in [2.45, 2.75) is 101 Å². The van der Waals surface area contributed by atoms with Gasteiger partial charge in [-0.1, -0.05) is 0 Å². The van der Waals surface area contributed by atoms with Gasteiger partial charge in [0.05, 0.1) is 29.8 Å². The van der Waals surface area contributed by atoms with Gasteiger partial charge in [0.2, 0.25) is 17.8 Å². The number of amides is 2. The molecule has 2 atom stereocenters. The van der Waals surface area contributed by atoms with Crippen molar-refractivity contribution in [3.05, 3.63) is 47.2 Å². The summed E-state index contributed by atoms with van der Waals surface area (Å²) >= 11 is 0. The van der Waals surface area contributed by atoms with Crippen molar-refractivity contribution in [3.63, 3.8) is 0 Å². The van der Waals surface area contributed by atoms with Gasteiger partial charge in [0, 0.05) is 44.1 Å². The lowest BCUT2D eigenvalue weighted by atomic mass is 9.76. The number of hydrogen-bond acceptors (Lipinski definition) is 5. The fraction of sp³-hybridized carbons (Fsp3) is 0.633. The largest absolute Gasteiger partial charge is 0.364 e. The highest BCUT2D eigenvalue weighted by molar-refractivity contribution is 5.91. The lowest BCUT2D eigenvalue weighted by Gasteiger charge is -2.34. The number of carbonyl (C=O) groups is 2. The number of rotatable bonds is 10. The van der Waals surface area contributed by atoms with Crippen LogP contribution in [0, 0.1) is 17.8 Å². The van der Waals surface area contributed by atoms with Gasteiger partial charge in [0.1, 0.15) is 5.69 Å². The lowest BCUT2D eigenvalue weighted by molar-refractivity contribution is -0.134. The first-order valence-electron chi connectivity index (χ1n) is 15.1. The van der Waals surface area contributed by atoms with Crippen LogP contribution < -0.4 is 11.1 Å². The summed E-state index contributed by atoms with van der Waals surface area (Å²) in [7, 11) is 0. The molecule has 6 rings (SSSR count). The number of nitrogens with zero attached hydrogens (tertiary/aromatic N) is 5. The summed E-state index contributed by atoms with van der Waals surface area (Å²) in [6.45, 7) is 3.76. The number of imidazole rings is 1. The van der Waals surface area contributed by atoms with Crippen LogP contribution >= 0.6 is 0 Å². The number of primary amides is 1. The SMILES string of the molecule is CC(C)n1nc([C@H](c2cn3ncc([C@H](NC(=O)CC4CC(F)(F)C4)C4CC4)cc3n2)C2CCC(F)(F)CC2)cc1C(N)=O. The monoisotopic (exact) mass is 603 g/mol. The number of aromatic nitrogens is 5. The Hall–Kier alpha value is -3.51. The first-order valence-corrected chi connectivity index (χ1v) is 15.1. The average Bonchev–Trinajstić information content (AvgIpc) is 3.50. The summed E-state index contributed by atoms with van der Waals surface area (Å²) in [5, 5.41) is 12.3. The maximum Gasteiger partial charge on any atom is 0.266 e. The van der Waals surface area contributed by atoms with Crippen molar-refractivity contribution in [2.24, 2.45) is 23.5 Å². The van der Waals surface area contributed by atoms with E-state index in [0.29, 0.717) is 17.0 Å². The minimum atomic E-state index is -2.71. The van der Waals surface area contributed by atoms with Crippen molar-refractivity contribution < 1.29 is 27.2 Å². The topological polar surface area (TPSA) is 120 Å². The number of nitrogens with two attached hydrogens (primary N) is 1. The molecule has 0 aliphatic heterocycles. The molecular weight excluding hydrogens is 566 g/mol. The third kappa shape index (κ3) is 6.26. The normalized spacial score (nSPS) is 21.9. The van der Waals surface area contributed by atoms with E-state index in [0.717, 1.165) is 18.4 Å². The first kappa shape index (κ1) is 29.6. The molecule has 0 unspecified atom stereocenters. The van der Waals surface area contributed by atoms with Gasteiger partial charge in [-0.3, -0.25) is 14.3 Å². The predicted octanol–water partition coefficient (Wildman–Crippen LogP) is 5.57. The zero-order valence-electron chi connectivity index (χ0n) is 24.3. The number of nitrogens with one attached hydrogen (secondary N) is 1. The zero-order valence-corrected chi connectivity index (χ0v) is 24.3. The van der Waals surface area contributed by atoms with Crippen LogP contribution in [0.25, 0.3) is 5.65 Å². The van der Waals surface area contributed by atoms with Gasteiger partial charge in [-0.2, -0.15) is 10.2 Å². The summed E-state index contributed by atoms with van der Waals surface area (Å²) in [6.07, 6.45) is 4.94. The van der Waals surface area contributed by atoms with E-state index in [1.807, 2.05) is 19.9 Å². The van der Waals surface area contributed by atoms with Crippen LogP contribution in [0.15, 0.2) is 24.5 Å². The fourth-order valence-corrected chi connectivity index (χ4v) is 6.73. The zero-order chi connectivity index (χ0) is 30.7. The summed E-state index contributed by atoms with van der Waals surface area (Å²) in [5.74, 6) is -6.97. The highest BCUT2D eigenvalue weighted by Gasteiger charge is 2.46. The molecule has 3 N–H and O–H groups in total. The molecule has 3 aliphatic rings. The fourth-order valence-electron chi connectivity index (χ4n) is 6.73. The molecule has 3 heterocycles. The Morgan fingerprint density at radius 1 is 1.02 bits per heavy atom. The van der Waals surface area contributed by atoms with Crippen LogP contribution in [0.3, 0.4) is 0 Å². The van der Waals surface area contributed by atoms with E-state index in [9.17, 15) is 27.2 Å². The Labute approximate surface area is 246 Å². The van der Waals surface area contributed by atoms with Gasteiger partial charge in [0.15, 0.2) is 5.65 Å². The third-order valence-corrected chi connectivity index (χ3v) is 9.14. The van der Waals surface area contributed by atoms with Gasteiger partial charge >= 0.3 is 0 Å². The van der Waals surface area contributed by atoms with E-state index in [-0.39, 0.29) is 86.4 Å². The molecule has 0 spiro atoms. The minimum absolute atomic E-state index is 0.0699. The van der Waals surface area contributed by atoms with Crippen LogP contribution in [0.4, 0.5) is 17.6 Å².